The van der Waals surface area contributed by atoms with Gasteiger partial charge in [0.25, 0.3) is 0 Å². The highest BCUT2D eigenvalue weighted by Gasteiger charge is 2.32. The highest BCUT2D eigenvalue weighted by molar-refractivity contribution is 5.67. The van der Waals surface area contributed by atoms with Gasteiger partial charge < -0.3 is 14.6 Å². The normalized spacial score (nSPS) is 24.7. The molecule has 30 heavy (non-hydrogen) atoms. The molecule has 0 saturated heterocycles. The summed E-state index contributed by atoms with van der Waals surface area (Å²) >= 11 is 0. The number of aliphatic hydroxyl groups excluding tert-OH is 1. The van der Waals surface area contributed by atoms with Crippen LogP contribution in [0.25, 0.3) is 11.1 Å². The molecule has 3 nitrogen and oxygen atoms in total. The van der Waals surface area contributed by atoms with E-state index in [1.54, 1.807) is 12.1 Å². The monoisotopic (exact) mass is 412 g/mol. The number of benzene rings is 2. The van der Waals surface area contributed by atoms with E-state index < -0.39 is 6.10 Å². The Morgan fingerprint density at radius 2 is 1.87 bits per heavy atom. The molecule has 4 heteroatoms. The first-order valence-corrected chi connectivity index (χ1v) is 11.5. The number of hydrogen-bond donors (Lipinski definition) is 1. The molecule has 4 rings (SSSR count). The van der Waals surface area contributed by atoms with Crippen LogP contribution in [0.5, 0.6) is 5.75 Å². The number of halogens is 1. The van der Waals surface area contributed by atoms with Crippen molar-refractivity contribution >= 4 is 0 Å². The van der Waals surface area contributed by atoms with Gasteiger partial charge in [-0.05, 0) is 67.3 Å². The van der Waals surface area contributed by atoms with Gasteiger partial charge in [0.1, 0.15) is 11.6 Å². The fraction of sp³-hybridized carbons (Fsp3) is 0.538. The molecule has 1 fully saturated rings. The van der Waals surface area contributed by atoms with E-state index in [-0.39, 0.29) is 12.1 Å². The molecule has 2 unspecified atom stereocenters. The van der Waals surface area contributed by atoms with Crippen LogP contribution in [0.2, 0.25) is 0 Å². The molecule has 2 aliphatic rings. The molecule has 0 aromatic heterocycles. The van der Waals surface area contributed by atoms with Crippen LogP contribution in [0.4, 0.5) is 4.39 Å². The van der Waals surface area contributed by atoms with E-state index in [0.717, 1.165) is 22.8 Å². The van der Waals surface area contributed by atoms with Crippen molar-refractivity contribution in [2.45, 2.75) is 77.8 Å². The van der Waals surface area contributed by atoms with E-state index >= 15 is 0 Å². The van der Waals surface area contributed by atoms with Crippen molar-refractivity contribution in [1.82, 2.24) is 0 Å². The van der Waals surface area contributed by atoms with E-state index in [2.05, 4.69) is 6.92 Å². The molecule has 1 N–H and O–H groups in total. The molecule has 162 valence electrons. The maximum absolute atomic E-state index is 14.7. The average molecular weight is 413 g/mol. The minimum absolute atomic E-state index is 0.169. The van der Waals surface area contributed by atoms with Crippen LogP contribution in [0, 0.1) is 17.7 Å². The minimum atomic E-state index is -0.632. The Hall–Kier alpha value is -1.91. The first kappa shape index (κ1) is 21.3. The second kappa shape index (κ2) is 9.49. The standard InChI is InChI=1S/C26H33FO3/c1-3-5-17-6-8-18(9-7-17)26-29-16-21-14-19(11-13-25(21)30-26)22-12-10-20(15-23(22)27)24(28)4-2/h10-15,17-18,24,26,28H,3-9,16H2,1-2H3. The molecule has 0 amide bonds. The number of hydrogen-bond acceptors (Lipinski definition) is 3. The first-order chi connectivity index (χ1) is 14.6. The molecule has 2 atom stereocenters. The third kappa shape index (κ3) is 4.55. The molecule has 1 saturated carbocycles. The van der Waals surface area contributed by atoms with Crippen molar-refractivity contribution in [2.24, 2.45) is 11.8 Å². The Bertz CT molecular complexity index is 857. The fourth-order valence-electron chi connectivity index (χ4n) is 4.90. The van der Waals surface area contributed by atoms with Gasteiger partial charge in [-0.25, -0.2) is 4.39 Å². The SMILES string of the molecule is CCCC1CCC(C2OCc3cc(-c4ccc(C(O)CC)cc4F)ccc3O2)CC1. The molecule has 2 aromatic carbocycles. The zero-order valence-electron chi connectivity index (χ0n) is 18.1. The molecule has 0 spiro atoms. The third-order valence-corrected chi connectivity index (χ3v) is 6.76. The van der Waals surface area contributed by atoms with Crippen LogP contribution >= 0.6 is 0 Å². The summed E-state index contributed by atoms with van der Waals surface area (Å²) in [6.07, 6.45) is 7.25. The predicted octanol–water partition coefficient (Wildman–Crippen LogP) is 6.78. The number of aliphatic hydroxyl groups is 1. The molecule has 0 bridgehead atoms. The Morgan fingerprint density at radius 1 is 1.07 bits per heavy atom. The summed E-state index contributed by atoms with van der Waals surface area (Å²) in [7, 11) is 0. The first-order valence-electron chi connectivity index (χ1n) is 11.5. The summed E-state index contributed by atoms with van der Waals surface area (Å²) in [5, 5.41) is 9.95. The Balaban J connectivity index is 1.45. The summed E-state index contributed by atoms with van der Waals surface area (Å²) in [5.74, 6) is 1.86. The lowest BCUT2D eigenvalue weighted by Crippen LogP contribution is -2.35. The number of rotatable bonds is 6. The van der Waals surface area contributed by atoms with Crippen molar-refractivity contribution in [3.05, 3.63) is 53.3 Å². The van der Waals surface area contributed by atoms with Gasteiger partial charge in [-0.2, -0.15) is 0 Å². The molecule has 1 aliphatic carbocycles. The highest BCUT2D eigenvalue weighted by atomic mass is 19.1. The molecule has 1 aliphatic heterocycles. The van der Waals surface area contributed by atoms with Crippen molar-refractivity contribution in [1.29, 1.82) is 0 Å². The molecule has 1 heterocycles. The number of fused-ring (bicyclic) bond motifs is 1. The van der Waals surface area contributed by atoms with Gasteiger partial charge in [-0.3, -0.25) is 0 Å². The lowest BCUT2D eigenvalue weighted by atomic mass is 9.79. The van der Waals surface area contributed by atoms with Gasteiger partial charge >= 0.3 is 0 Å². The van der Waals surface area contributed by atoms with Crippen molar-refractivity contribution in [2.75, 3.05) is 0 Å². The van der Waals surface area contributed by atoms with Crippen LogP contribution < -0.4 is 4.74 Å². The van der Waals surface area contributed by atoms with Crippen molar-refractivity contribution in [3.8, 4) is 16.9 Å². The van der Waals surface area contributed by atoms with E-state index in [1.807, 2.05) is 25.1 Å². The molecule has 2 aromatic rings. The van der Waals surface area contributed by atoms with E-state index in [0.29, 0.717) is 30.1 Å². The maximum atomic E-state index is 14.7. The van der Waals surface area contributed by atoms with Crippen LogP contribution in [0.15, 0.2) is 36.4 Å². The lowest BCUT2D eigenvalue weighted by molar-refractivity contribution is -0.148. The zero-order chi connectivity index (χ0) is 21.1. The average Bonchev–Trinajstić information content (AvgIpc) is 2.78. The quantitative estimate of drug-likeness (QED) is 0.568. The van der Waals surface area contributed by atoms with Crippen LogP contribution in [0.3, 0.4) is 0 Å². The van der Waals surface area contributed by atoms with Gasteiger partial charge in [-0.1, -0.05) is 44.9 Å². The number of ether oxygens (including phenoxy) is 2. The summed E-state index contributed by atoms with van der Waals surface area (Å²) in [5.41, 5.74) is 2.90. The zero-order valence-corrected chi connectivity index (χ0v) is 18.1. The maximum Gasteiger partial charge on any atom is 0.203 e. The Labute approximate surface area is 179 Å². The Kier molecular flexibility index (Phi) is 6.74. The molecular weight excluding hydrogens is 379 g/mol. The van der Waals surface area contributed by atoms with Gasteiger partial charge in [0.2, 0.25) is 6.29 Å². The van der Waals surface area contributed by atoms with Crippen LogP contribution in [0.1, 0.15) is 76.0 Å². The summed E-state index contributed by atoms with van der Waals surface area (Å²) in [4.78, 5) is 0. The van der Waals surface area contributed by atoms with E-state index in [9.17, 15) is 9.50 Å². The third-order valence-electron chi connectivity index (χ3n) is 6.76. The van der Waals surface area contributed by atoms with E-state index in [1.165, 1.54) is 44.6 Å². The molecule has 0 radical (unpaired) electrons. The minimum Gasteiger partial charge on any atom is -0.464 e. The highest BCUT2D eigenvalue weighted by Crippen LogP contribution is 2.39. The largest absolute Gasteiger partial charge is 0.464 e. The van der Waals surface area contributed by atoms with Crippen LogP contribution in [-0.2, 0) is 11.3 Å². The summed E-state index contributed by atoms with van der Waals surface area (Å²) in [6.45, 7) is 4.64. The topological polar surface area (TPSA) is 38.7 Å². The van der Waals surface area contributed by atoms with Crippen molar-refractivity contribution < 1.29 is 19.0 Å². The summed E-state index contributed by atoms with van der Waals surface area (Å²) < 4.78 is 27.0. The van der Waals surface area contributed by atoms with Crippen molar-refractivity contribution in [3.63, 3.8) is 0 Å². The smallest absolute Gasteiger partial charge is 0.203 e. The summed E-state index contributed by atoms with van der Waals surface area (Å²) in [6, 6.07) is 10.8. The van der Waals surface area contributed by atoms with Gasteiger partial charge in [-0.15, -0.1) is 0 Å². The van der Waals surface area contributed by atoms with E-state index in [4.69, 9.17) is 9.47 Å². The predicted molar refractivity (Wildman–Crippen MR) is 117 cm³/mol. The van der Waals surface area contributed by atoms with Crippen LogP contribution in [-0.4, -0.2) is 11.4 Å². The second-order valence-electron chi connectivity index (χ2n) is 8.85. The molecular formula is C26H33FO3. The fourth-order valence-corrected chi connectivity index (χ4v) is 4.90. The lowest BCUT2D eigenvalue weighted by Gasteiger charge is -2.36. The van der Waals surface area contributed by atoms with Gasteiger partial charge in [0.05, 0.1) is 12.7 Å². The van der Waals surface area contributed by atoms with Gasteiger partial charge in [0, 0.05) is 17.0 Å². The van der Waals surface area contributed by atoms with Gasteiger partial charge in [0.15, 0.2) is 0 Å². The Morgan fingerprint density at radius 3 is 2.57 bits per heavy atom. The second-order valence-corrected chi connectivity index (χ2v) is 8.85.